The molecule has 18 heavy (non-hydrogen) atoms. The SMILES string of the molecule is Cn1c2ccccc2c(C2=CCCC(=O)O2)[n+]1[O-]. The molecule has 0 spiro atoms. The number of rotatable bonds is 1. The second kappa shape index (κ2) is 3.87. The Labute approximate surface area is 103 Å². The van der Waals surface area contributed by atoms with Crippen molar-refractivity contribution >= 4 is 22.6 Å². The molecule has 0 amide bonds. The molecule has 1 aliphatic rings. The highest BCUT2D eigenvalue weighted by molar-refractivity contribution is 5.90. The van der Waals surface area contributed by atoms with E-state index in [-0.39, 0.29) is 5.97 Å². The number of aryl methyl sites for hydroxylation is 1. The van der Waals surface area contributed by atoms with E-state index in [0.717, 1.165) is 15.7 Å². The van der Waals surface area contributed by atoms with Gasteiger partial charge >= 0.3 is 5.97 Å². The van der Waals surface area contributed by atoms with E-state index in [9.17, 15) is 10.0 Å². The summed E-state index contributed by atoms with van der Waals surface area (Å²) < 4.78 is 6.66. The number of benzene rings is 1. The Hall–Kier alpha value is -2.30. The van der Waals surface area contributed by atoms with Crippen LogP contribution in [-0.2, 0) is 16.6 Å². The molecular formula is C13H12N2O3. The lowest BCUT2D eigenvalue weighted by molar-refractivity contribution is -0.691. The highest BCUT2D eigenvalue weighted by Gasteiger charge is 2.27. The summed E-state index contributed by atoms with van der Waals surface area (Å²) in [6.45, 7) is 0. The first-order valence-corrected chi connectivity index (χ1v) is 5.77. The Morgan fingerprint density at radius 1 is 1.39 bits per heavy atom. The molecule has 2 heterocycles. The van der Waals surface area contributed by atoms with Crippen LogP contribution in [-0.4, -0.2) is 10.7 Å². The summed E-state index contributed by atoms with van der Waals surface area (Å²) in [7, 11) is 1.68. The van der Waals surface area contributed by atoms with Gasteiger partial charge < -0.3 is 9.94 Å². The third-order valence-corrected chi connectivity index (χ3v) is 3.11. The van der Waals surface area contributed by atoms with Crippen LogP contribution < -0.4 is 4.85 Å². The number of ether oxygens (including phenoxy) is 1. The maximum Gasteiger partial charge on any atom is 0.311 e. The Morgan fingerprint density at radius 3 is 2.94 bits per heavy atom. The maximum absolute atomic E-state index is 12.1. The van der Waals surface area contributed by atoms with Crippen molar-refractivity contribution in [2.75, 3.05) is 0 Å². The summed E-state index contributed by atoms with van der Waals surface area (Å²) in [6, 6.07) is 7.44. The van der Waals surface area contributed by atoms with Crippen LogP contribution >= 0.6 is 0 Å². The zero-order chi connectivity index (χ0) is 12.7. The normalized spacial score (nSPS) is 15.6. The molecule has 5 nitrogen and oxygen atoms in total. The van der Waals surface area contributed by atoms with E-state index in [2.05, 4.69) is 0 Å². The summed E-state index contributed by atoms with van der Waals surface area (Å²) in [5.41, 5.74) is 1.21. The largest absolute Gasteiger partial charge is 0.595 e. The first-order chi connectivity index (χ1) is 8.68. The summed E-state index contributed by atoms with van der Waals surface area (Å²) >= 11 is 0. The number of esters is 1. The van der Waals surface area contributed by atoms with Crippen LogP contribution in [0.4, 0.5) is 0 Å². The average Bonchev–Trinajstić information content (AvgIpc) is 2.63. The van der Waals surface area contributed by atoms with Crippen molar-refractivity contribution in [3.8, 4) is 0 Å². The molecule has 0 fully saturated rings. The van der Waals surface area contributed by atoms with Gasteiger partial charge in [0.15, 0.2) is 0 Å². The van der Waals surface area contributed by atoms with Gasteiger partial charge in [-0.15, -0.1) is 4.68 Å². The van der Waals surface area contributed by atoms with Gasteiger partial charge in [-0.2, -0.15) is 0 Å². The number of hydrogen-bond acceptors (Lipinski definition) is 3. The molecule has 1 aromatic carbocycles. The minimum atomic E-state index is -0.291. The molecule has 0 bridgehead atoms. The van der Waals surface area contributed by atoms with Gasteiger partial charge in [0, 0.05) is 6.42 Å². The van der Waals surface area contributed by atoms with Crippen molar-refractivity contribution in [3.63, 3.8) is 0 Å². The van der Waals surface area contributed by atoms with Gasteiger partial charge in [0.2, 0.25) is 5.76 Å². The van der Waals surface area contributed by atoms with E-state index < -0.39 is 0 Å². The third kappa shape index (κ3) is 1.48. The van der Waals surface area contributed by atoms with Crippen LogP contribution in [0.15, 0.2) is 30.3 Å². The number of hydrogen-bond donors (Lipinski definition) is 0. The van der Waals surface area contributed by atoms with Gasteiger partial charge in [0.25, 0.3) is 5.69 Å². The molecule has 0 aliphatic carbocycles. The molecular weight excluding hydrogens is 232 g/mol. The van der Waals surface area contributed by atoms with Crippen LogP contribution in [0.2, 0.25) is 0 Å². The third-order valence-electron chi connectivity index (χ3n) is 3.11. The molecule has 0 atom stereocenters. The first-order valence-electron chi connectivity index (χ1n) is 5.77. The van der Waals surface area contributed by atoms with Crippen molar-refractivity contribution in [1.29, 1.82) is 0 Å². The summed E-state index contributed by atoms with van der Waals surface area (Å²) in [4.78, 5) is 12.1. The first kappa shape index (κ1) is 10.8. The summed E-state index contributed by atoms with van der Waals surface area (Å²) in [5.74, 6) is 0.0680. The Balaban J connectivity index is 2.26. The van der Waals surface area contributed by atoms with Gasteiger partial charge in [0.1, 0.15) is 5.52 Å². The molecule has 0 saturated heterocycles. The smallest absolute Gasteiger partial charge is 0.311 e. The zero-order valence-corrected chi connectivity index (χ0v) is 9.92. The minimum Gasteiger partial charge on any atom is -0.595 e. The van der Waals surface area contributed by atoms with E-state index >= 15 is 0 Å². The fourth-order valence-electron chi connectivity index (χ4n) is 2.22. The number of cyclic esters (lactones) is 1. The Bertz CT molecular complexity index is 670. The highest BCUT2D eigenvalue weighted by atomic mass is 16.5. The topological polar surface area (TPSA) is 58.2 Å². The van der Waals surface area contributed by atoms with Crippen LogP contribution in [0.25, 0.3) is 16.7 Å². The van der Waals surface area contributed by atoms with Gasteiger partial charge in [-0.25, -0.2) is 0 Å². The maximum atomic E-state index is 12.1. The lowest BCUT2D eigenvalue weighted by Crippen LogP contribution is -2.39. The van der Waals surface area contributed by atoms with Crippen molar-refractivity contribution in [2.45, 2.75) is 12.8 Å². The monoisotopic (exact) mass is 244 g/mol. The van der Waals surface area contributed by atoms with Crippen molar-refractivity contribution < 1.29 is 14.4 Å². The predicted octanol–water partition coefficient (Wildman–Crippen LogP) is 1.49. The van der Waals surface area contributed by atoms with E-state index in [4.69, 9.17) is 4.74 Å². The van der Waals surface area contributed by atoms with Crippen LogP contribution in [0, 0.1) is 5.21 Å². The lowest BCUT2D eigenvalue weighted by atomic mass is 10.1. The fourth-order valence-corrected chi connectivity index (χ4v) is 2.22. The number of nitrogens with zero attached hydrogens (tertiary/aromatic N) is 2. The van der Waals surface area contributed by atoms with Crippen molar-refractivity contribution in [2.24, 2.45) is 7.05 Å². The molecule has 0 unspecified atom stereocenters. The molecule has 0 N–H and O–H groups in total. The lowest BCUT2D eigenvalue weighted by Gasteiger charge is -2.10. The molecule has 3 rings (SSSR count). The zero-order valence-electron chi connectivity index (χ0n) is 9.92. The molecule has 5 heteroatoms. The molecule has 2 aromatic rings. The Morgan fingerprint density at radius 2 is 2.17 bits per heavy atom. The number of para-hydroxylation sites is 1. The van der Waals surface area contributed by atoms with Crippen LogP contribution in [0.5, 0.6) is 0 Å². The van der Waals surface area contributed by atoms with Crippen molar-refractivity contribution in [3.05, 3.63) is 41.2 Å². The average molecular weight is 244 g/mol. The van der Waals surface area contributed by atoms with Gasteiger partial charge in [-0.05, 0) is 24.6 Å². The van der Waals surface area contributed by atoms with Crippen LogP contribution in [0.1, 0.15) is 18.5 Å². The van der Waals surface area contributed by atoms with Crippen molar-refractivity contribution in [1.82, 2.24) is 4.68 Å². The summed E-state index contributed by atoms with van der Waals surface area (Å²) in [5, 5.41) is 12.9. The second-order valence-electron chi connectivity index (χ2n) is 4.24. The fraction of sp³-hybridized carbons (Fsp3) is 0.231. The van der Waals surface area contributed by atoms with Gasteiger partial charge in [-0.3, -0.25) is 4.79 Å². The van der Waals surface area contributed by atoms with E-state index in [1.807, 2.05) is 24.3 Å². The standard InChI is InChI=1S/C13H12N2O3/c1-14-10-6-3-2-5-9(10)13(15(14)17)11-7-4-8-12(16)18-11/h2-3,5-7H,4,8H2,1H3. The molecule has 92 valence electrons. The van der Waals surface area contributed by atoms with E-state index in [0.29, 0.717) is 24.3 Å². The highest BCUT2D eigenvalue weighted by Crippen LogP contribution is 2.26. The second-order valence-corrected chi connectivity index (χ2v) is 4.24. The molecule has 0 radical (unpaired) electrons. The Kier molecular flexibility index (Phi) is 2.33. The number of carbonyl (C=O) groups excluding carboxylic acids is 1. The molecule has 1 aliphatic heterocycles. The molecule has 1 aromatic heterocycles. The van der Waals surface area contributed by atoms with Crippen LogP contribution in [0.3, 0.4) is 0 Å². The quantitative estimate of drug-likeness (QED) is 0.434. The van der Waals surface area contributed by atoms with Gasteiger partial charge in [-0.1, -0.05) is 17.0 Å². The number of aromatic nitrogens is 2. The minimum absolute atomic E-state index is 0.291. The number of carbonyl (C=O) groups is 1. The molecule has 0 saturated carbocycles. The van der Waals surface area contributed by atoms with E-state index in [1.165, 1.54) is 4.68 Å². The van der Waals surface area contributed by atoms with Gasteiger partial charge in [0.05, 0.1) is 12.4 Å². The number of allylic oxidation sites excluding steroid dienone is 1. The summed E-state index contributed by atoms with van der Waals surface area (Å²) in [6.07, 6.45) is 2.77. The van der Waals surface area contributed by atoms with E-state index in [1.54, 1.807) is 13.1 Å². The number of fused-ring (bicyclic) bond motifs is 1. The predicted molar refractivity (Wildman–Crippen MR) is 65.2 cm³/mol.